The number of rotatable bonds is 2. The number of benzene rings is 4. The summed E-state index contributed by atoms with van der Waals surface area (Å²) in [6, 6.07) is 38.4. The fourth-order valence-electron chi connectivity index (χ4n) is 2.27. The van der Waals surface area contributed by atoms with Crippen LogP contribution in [0.5, 0.6) is 0 Å². The Bertz CT molecular complexity index is 1020. The van der Waals surface area contributed by atoms with E-state index in [0.29, 0.717) is 0 Å². The van der Waals surface area contributed by atoms with Gasteiger partial charge in [0.25, 0.3) is 10.1 Å². The van der Waals surface area contributed by atoms with Gasteiger partial charge >= 0.3 is 0 Å². The number of halogens is 1. The first-order chi connectivity index (χ1) is 14.0. The van der Waals surface area contributed by atoms with Crippen molar-refractivity contribution in [2.45, 2.75) is 4.90 Å². The Hall–Kier alpha value is -2.48. The van der Waals surface area contributed by atoms with Crippen molar-refractivity contribution >= 4 is 32.7 Å². The molecule has 4 rings (SSSR count). The molecule has 0 aliphatic rings. The molecule has 0 aromatic heterocycles. The Morgan fingerprint density at radius 1 is 0.517 bits per heavy atom. The van der Waals surface area contributed by atoms with Crippen LogP contribution in [0.2, 0.25) is 0 Å². The van der Waals surface area contributed by atoms with Crippen LogP contribution in [-0.4, -0.2) is 13.0 Å². The van der Waals surface area contributed by atoms with Crippen LogP contribution in [0.1, 0.15) is 0 Å². The standard InChI is InChI=1S/C12H10.C6H5I.C6H6O3S/c1-3-7-11(8-4-1)12-9-5-2-6-10-12;7-6-4-2-1-3-5-6;7-10(8,9)6-4-2-1-3-5-6/h1-10H;1-5H;1-5H,(H,7,8,9). The quantitative estimate of drug-likeness (QED) is 0.242. The van der Waals surface area contributed by atoms with Crippen molar-refractivity contribution < 1.29 is 13.0 Å². The largest absolute Gasteiger partial charge is 0.294 e. The Kier molecular flexibility index (Phi) is 9.56. The number of hydrogen-bond acceptors (Lipinski definition) is 2. The summed E-state index contributed by atoms with van der Waals surface area (Å²) < 4.78 is 30.5. The summed E-state index contributed by atoms with van der Waals surface area (Å²) in [4.78, 5) is -0.0741. The van der Waals surface area contributed by atoms with Crippen molar-refractivity contribution in [1.82, 2.24) is 0 Å². The van der Waals surface area contributed by atoms with Crippen LogP contribution in [0.25, 0.3) is 11.1 Å². The van der Waals surface area contributed by atoms with Crippen molar-refractivity contribution in [2.75, 3.05) is 0 Å². The summed E-state index contributed by atoms with van der Waals surface area (Å²) >= 11 is 2.28. The highest BCUT2D eigenvalue weighted by atomic mass is 127. The monoisotopic (exact) mass is 516 g/mol. The average molecular weight is 516 g/mol. The summed E-state index contributed by atoms with van der Waals surface area (Å²) in [7, 11) is -4.00. The molecular formula is C24H21IO3S. The maximum Gasteiger partial charge on any atom is 0.294 e. The van der Waals surface area contributed by atoms with E-state index in [4.69, 9.17) is 4.55 Å². The van der Waals surface area contributed by atoms with E-state index >= 15 is 0 Å². The molecule has 4 aromatic rings. The van der Waals surface area contributed by atoms with Crippen molar-refractivity contribution in [1.29, 1.82) is 0 Å². The van der Waals surface area contributed by atoms with E-state index in [0.717, 1.165) is 0 Å². The highest BCUT2D eigenvalue weighted by Gasteiger charge is 2.05. The zero-order chi connectivity index (χ0) is 21.0. The van der Waals surface area contributed by atoms with E-state index in [1.807, 2.05) is 30.3 Å². The minimum absolute atomic E-state index is 0.0741. The van der Waals surface area contributed by atoms with Gasteiger partial charge in [0.05, 0.1) is 4.90 Å². The predicted octanol–water partition coefficient (Wildman–Crippen LogP) is 6.58. The maximum absolute atomic E-state index is 10.4. The van der Waals surface area contributed by atoms with Gasteiger partial charge in [0.1, 0.15) is 0 Å². The zero-order valence-corrected chi connectivity index (χ0v) is 18.6. The van der Waals surface area contributed by atoms with Gasteiger partial charge < -0.3 is 0 Å². The third-order valence-electron chi connectivity index (χ3n) is 3.66. The van der Waals surface area contributed by atoms with Gasteiger partial charge in [-0.05, 0) is 58.0 Å². The second-order valence-corrected chi connectivity index (χ2v) is 8.48. The lowest BCUT2D eigenvalue weighted by molar-refractivity contribution is 0.483. The van der Waals surface area contributed by atoms with Gasteiger partial charge in [-0.25, -0.2) is 0 Å². The van der Waals surface area contributed by atoms with Gasteiger partial charge in [-0.15, -0.1) is 0 Å². The highest BCUT2D eigenvalue weighted by molar-refractivity contribution is 14.1. The SMILES string of the molecule is Ic1ccccc1.O=S(=O)(O)c1ccccc1.c1ccc(-c2ccccc2)cc1. The molecule has 0 saturated carbocycles. The van der Waals surface area contributed by atoms with Gasteiger partial charge in [-0.1, -0.05) is 97.1 Å². The first kappa shape index (κ1) is 22.8. The zero-order valence-electron chi connectivity index (χ0n) is 15.6. The van der Waals surface area contributed by atoms with Gasteiger partial charge in [0, 0.05) is 3.57 Å². The lowest BCUT2D eigenvalue weighted by Gasteiger charge is -1.98. The van der Waals surface area contributed by atoms with E-state index in [1.165, 1.54) is 26.8 Å². The second kappa shape index (κ2) is 12.2. The normalized spacial score (nSPS) is 10.0. The Balaban J connectivity index is 0.000000161. The molecule has 1 N–H and O–H groups in total. The first-order valence-electron chi connectivity index (χ1n) is 8.80. The molecule has 0 aliphatic carbocycles. The molecule has 0 unspecified atom stereocenters. The summed E-state index contributed by atoms with van der Waals surface area (Å²) in [5.74, 6) is 0. The molecule has 0 aliphatic heterocycles. The summed E-state index contributed by atoms with van der Waals surface area (Å²) in [5.41, 5.74) is 2.55. The van der Waals surface area contributed by atoms with Crippen LogP contribution < -0.4 is 0 Å². The summed E-state index contributed by atoms with van der Waals surface area (Å²) in [5, 5.41) is 0. The van der Waals surface area contributed by atoms with Crippen molar-refractivity contribution in [3.63, 3.8) is 0 Å². The van der Waals surface area contributed by atoms with E-state index in [9.17, 15) is 8.42 Å². The van der Waals surface area contributed by atoms with Crippen molar-refractivity contribution in [3.05, 3.63) is 125 Å². The van der Waals surface area contributed by atoms with Gasteiger partial charge in [0.2, 0.25) is 0 Å². The summed E-state index contributed by atoms with van der Waals surface area (Å²) in [6.07, 6.45) is 0. The van der Waals surface area contributed by atoms with Gasteiger partial charge in [-0.3, -0.25) is 4.55 Å². The number of hydrogen-bond donors (Lipinski definition) is 1. The Labute approximate surface area is 186 Å². The van der Waals surface area contributed by atoms with Crippen LogP contribution in [0.4, 0.5) is 0 Å². The van der Waals surface area contributed by atoms with E-state index in [2.05, 4.69) is 83.3 Å². The highest BCUT2D eigenvalue weighted by Crippen LogP contribution is 2.17. The lowest BCUT2D eigenvalue weighted by Crippen LogP contribution is -1.96. The van der Waals surface area contributed by atoms with Crippen LogP contribution in [0, 0.1) is 3.57 Å². The van der Waals surface area contributed by atoms with Crippen LogP contribution >= 0.6 is 22.6 Å². The molecule has 0 radical (unpaired) electrons. The minimum atomic E-state index is -4.00. The molecule has 29 heavy (non-hydrogen) atoms. The summed E-state index contributed by atoms with van der Waals surface area (Å²) in [6.45, 7) is 0. The third-order valence-corrected chi connectivity index (χ3v) is 5.24. The minimum Gasteiger partial charge on any atom is -0.282 e. The Morgan fingerprint density at radius 2 is 0.828 bits per heavy atom. The first-order valence-corrected chi connectivity index (χ1v) is 11.3. The molecule has 3 nitrogen and oxygen atoms in total. The molecule has 0 heterocycles. The lowest BCUT2D eigenvalue weighted by atomic mass is 10.1. The van der Waals surface area contributed by atoms with Crippen molar-refractivity contribution in [3.8, 4) is 11.1 Å². The average Bonchev–Trinajstić information content (AvgIpc) is 2.77. The van der Waals surface area contributed by atoms with E-state index in [1.54, 1.807) is 18.2 Å². The predicted molar refractivity (Wildman–Crippen MR) is 127 cm³/mol. The molecule has 0 saturated heterocycles. The van der Waals surface area contributed by atoms with Crippen LogP contribution in [0.15, 0.2) is 126 Å². The molecule has 5 heteroatoms. The molecule has 0 spiro atoms. The van der Waals surface area contributed by atoms with Crippen molar-refractivity contribution in [2.24, 2.45) is 0 Å². The van der Waals surface area contributed by atoms with Gasteiger partial charge in [0.15, 0.2) is 0 Å². The molecule has 148 valence electrons. The van der Waals surface area contributed by atoms with Gasteiger partial charge in [-0.2, -0.15) is 8.42 Å². The van der Waals surface area contributed by atoms with Crippen LogP contribution in [0.3, 0.4) is 0 Å². The molecule has 0 atom stereocenters. The molecule has 0 bridgehead atoms. The van der Waals surface area contributed by atoms with E-state index in [-0.39, 0.29) is 4.90 Å². The fraction of sp³-hybridized carbons (Fsp3) is 0. The van der Waals surface area contributed by atoms with E-state index < -0.39 is 10.1 Å². The smallest absolute Gasteiger partial charge is 0.282 e. The van der Waals surface area contributed by atoms with Crippen LogP contribution in [-0.2, 0) is 10.1 Å². The fourth-order valence-corrected chi connectivity index (χ4v) is 3.18. The topological polar surface area (TPSA) is 54.4 Å². The maximum atomic E-state index is 10.4. The molecular weight excluding hydrogens is 495 g/mol. The second-order valence-electron chi connectivity index (χ2n) is 5.82. The Morgan fingerprint density at radius 3 is 1.07 bits per heavy atom. The molecule has 4 aromatic carbocycles. The molecule has 0 fully saturated rings. The molecule has 0 amide bonds. The third kappa shape index (κ3) is 9.04.